The number of fused-ring (bicyclic) bond motifs is 1. The van der Waals surface area contributed by atoms with Crippen LogP contribution in [0.25, 0.3) is 0 Å². The Labute approximate surface area is 203 Å². The predicted molar refractivity (Wildman–Crippen MR) is 128 cm³/mol. The average molecular weight is 488 g/mol. The van der Waals surface area contributed by atoms with E-state index in [9.17, 15) is 9.18 Å². The highest BCUT2D eigenvalue weighted by atomic mass is 19.1. The van der Waals surface area contributed by atoms with E-state index in [1.54, 1.807) is 23.1 Å². The Hall–Kier alpha value is -3.44. The van der Waals surface area contributed by atoms with Gasteiger partial charge in [0.1, 0.15) is 13.2 Å². The van der Waals surface area contributed by atoms with Crippen molar-refractivity contribution in [1.29, 1.82) is 0 Å². The molecule has 35 heavy (non-hydrogen) atoms. The molecular weight excluding hydrogens is 457 g/mol. The first kappa shape index (κ1) is 24.7. The van der Waals surface area contributed by atoms with Gasteiger partial charge in [0.15, 0.2) is 23.1 Å². The summed E-state index contributed by atoms with van der Waals surface area (Å²) in [4.78, 5) is 22.0. The Morgan fingerprint density at radius 1 is 1.11 bits per heavy atom. The van der Waals surface area contributed by atoms with Gasteiger partial charge in [0.2, 0.25) is 11.9 Å². The minimum atomic E-state index is -0.570. The first-order valence-corrected chi connectivity index (χ1v) is 11.6. The first-order chi connectivity index (χ1) is 17.1. The zero-order valence-corrected chi connectivity index (χ0v) is 19.5. The number of halogens is 1. The number of aromatic nitrogens is 2. The van der Waals surface area contributed by atoms with Crippen molar-refractivity contribution in [2.45, 2.75) is 18.9 Å². The number of carbonyl (C=O) groups is 1. The fraction of sp³-hybridized carbons (Fsp3) is 0.458. The third-order valence-corrected chi connectivity index (χ3v) is 5.53. The maximum atomic E-state index is 14.5. The monoisotopic (exact) mass is 487 g/mol. The lowest BCUT2D eigenvalue weighted by Gasteiger charge is -2.32. The molecule has 10 nitrogen and oxygen atoms in total. The van der Waals surface area contributed by atoms with Crippen LogP contribution in [0.2, 0.25) is 0 Å². The summed E-state index contributed by atoms with van der Waals surface area (Å²) >= 11 is 0. The van der Waals surface area contributed by atoms with E-state index in [1.807, 2.05) is 0 Å². The SMILES string of the molecule is C=CC(=O)N1CCCC(Nc2nc(Nc3ccc4c(c3)OCCOCCOCCO4)ncc2F)C1. The summed E-state index contributed by atoms with van der Waals surface area (Å²) < 4.78 is 37.0. The Kier molecular flexibility index (Phi) is 8.68. The molecule has 188 valence electrons. The van der Waals surface area contributed by atoms with Crippen LogP contribution in [0.15, 0.2) is 37.1 Å². The minimum Gasteiger partial charge on any atom is -0.487 e. The molecule has 1 aromatic heterocycles. The lowest BCUT2D eigenvalue weighted by molar-refractivity contribution is -0.127. The van der Waals surface area contributed by atoms with Crippen LogP contribution >= 0.6 is 0 Å². The highest BCUT2D eigenvalue weighted by molar-refractivity contribution is 5.87. The van der Waals surface area contributed by atoms with Gasteiger partial charge in [-0.25, -0.2) is 9.37 Å². The van der Waals surface area contributed by atoms with E-state index < -0.39 is 5.82 Å². The molecule has 0 aliphatic carbocycles. The summed E-state index contributed by atoms with van der Waals surface area (Å²) in [6, 6.07) is 5.21. The van der Waals surface area contributed by atoms with Crippen molar-refractivity contribution in [2.75, 3.05) is 63.4 Å². The second-order valence-electron chi connectivity index (χ2n) is 8.07. The Bertz CT molecular complexity index is 1020. The van der Waals surface area contributed by atoms with Gasteiger partial charge >= 0.3 is 0 Å². The van der Waals surface area contributed by atoms with Crippen molar-refractivity contribution < 1.29 is 28.1 Å². The van der Waals surface area contributed by atoms with Gasteiger partial charge in [0, 0.05) is 30.9 Å². The standard InChI is InChI=1S/C24H30FN5O5/c1-2-22(31)30-7-3-4-18(16-30)27-23-19(25)15-26-24(29-23)28-17-5-6-20-21(14-17)35-13-11-33-9-8-32-10-12-34-20/h2,5-6,14-15,18H,1,3-4,7-13,16H2,(H2,26,27,28,29). The summed E-state index contributed by atoms with van der Waals surface area (Å²) in [6.45, 7) is 7.27. The molecule has 1 atom stereocenters. The number of nitrogens with one attached hydrogen (secondary N) is 2. The van der Waals surface area contributed by atoms with Gasteiger partial charge in [0.05, 0.1) is 32.6 Å². The van der Waals surface area contributed by atoms with Crippen LogP contribution < -0.4 is 20.1 Å². The van der Waals surface area contributed by atoms with Crippen LogP contribution in [0.3, 0.4) is 0 Å². The lowest BCUT2D eigenvalue weighted by atomic mass is 10.1. The summed E-state index contributed by atoms with van der Waals surface area (Å²) in [5, 5.41) is 6.19. The number of benzene rings is 1. The zero-order chi connectivity index (χ0) is 24.5. The Morgan fingerprint density at radius 3 is 2.63 bits per heavy atom. The largest absolute Gasteiger partial charge is 0.487 e. The number of likely N-dealkylation sites (tertiary alicyclic amines) is 1. The van der Waals surface area contributed by atoms with Crippen molar-refractivity contribution in [3.63, 3.8) is 0 Å². The van der Waals surface area contributed by atoms with E-state index in [2.05, 4.69) is 27.2 Å². The molecule has 1 unspecified atom stereocenters. The quantitative estimate of drug-likeness (QED) is 0.616. The van der Waals surface area contributed by atoms with Crippen LogP contribution in [0.4, 0.5) is 21.8 Å². The molecule has 0 spiro atoms. The third kappa shape index (κ3) is 7.03. The number of carbonyl (C=O) groups excluding carboxylic acids is 1. The van der Waals surface area contributed by atoms with Crippen molar-refractivity contribution in [3.8, 4) is 11.5 Å². The van der Waals surface area contributed by atoms with Crippen molar-refractivity contribution in [1.82, 2.24) is 14.9 Å². The summed E-state index contributed by atoms with van der Waals surface area (Å²) in [6.07, 6.45) is 4.01. The molecule has 2 aliphatic heterocycles. The molecule has 2 N–H and O–H groups in total. The van der Waals surface area contributed by atoms with E-state index in [-0.39, 0.29) is 23.7 Å². The molecule has 1 fully saturated rings. The third-order valence-electron chi connectivity index (χ3n) is 5.53. The van der Waals surface area contributed by atoms with Gasteiger partial charge in [-0.1, -0.05) is 6.58 Å². The second-order valence-corrected chi connectivity index (χ2v) is 8.07. The molecule has 3 heterocycles. The molecule has 2 aliphatic rings. The molecule has 1 amide bonds. The van der Waals surface area contributed by atoms with Crippen molar-refractivity contribution >= 4 is 23.4 Å². The number of amides is 1. The molecule has 1 aromatic carbocycles. The van der Waals surface area contributed by atoms with Crippen molar-refractivity contribution in [3.05, 3.63) is 42.9 Å². The predicted octanol–water partition coefficient (Wildman–Crippen LogP) is 2.75. The van der Waals surface area contributed by atoms with Gasteiger partial charge in [-0.2, -0.15) is 4.98 Å². The summed E-state index contributed by atoms with van der Waals surface area (Å²) in [7, 11) is 0. The van der Waals surface area contributed by atoms with E-state index >= 15 is 0 Å². The van der Waals surface area contributed by atoms with Crippen LogP contribution in [-0.2, 0) is 14.3 Å². The highest BCUT2D eigenvalue weighted by Crippen LogP contribution is 2.32. The smallest absolute Gasteiger partial charge is 0.246 e. The molecule has 4 rings (SSSR count). The van der Waals surface area contributed by atoms with E-state index in [0.717, 1.165) is 19.0 Å². The number of ether oxygens (including phenoxy) is 4. The fourth-order valence-electron chi connectivity index (χ4n) is 3.84. The molecule has 1 saturated heterocycles. The van der Waals surface area contributed by atoms with Gasteiger partial charge in [-0.15, -0.1) is 0 Å². The van der Waals surface area contributed by atoms with E-state index in [1.165, 1.54) is 6.08 Å². The van der Waals surface area contributed by atoms with Gasteiger partial charge in [-0.05, 0) is 31.1 Å². The number of nitrogens with zero attached hydrogens (tertiary/aromatic N) is 3. The lowest BCUT2D eigenvalue weighted by Crippen LogP contribution is -2.44. The maximum absolute atomic E-state index is 14.5. The number of hydrogen-bond acceptors (Lipinski definition) is 9. The minimum absolute atomic E-state index is 0.0726. The first-order valence-electron chi connectivity index (χ1n) is 11.6. The van der Waals surface area contributed by atoms with Crippen LogP contribution in [-0.4, -0.2) is 79.5 Å². The molecule has 0 saturated carbocycles. The van der Waals surface area contributed by atoms with Gasteiger partial charge in [-0.3, -0.25) is 4.79 Å². The summed E-state index contributed by atoms with van der Waals surface area (Å²) in [5.74, 6) is 0.702. The molecule has 11 heteroatoms. The van der Waals surface area contributed by atoms with Crippen LogP contribution in [0.5, 0.6) is 11.5 Å². The molecule has 0 bridgehead atoms. The Morgan fingerprint density at radius 2 is 1.86 bits per heavy atom. The van der Waals surface area contributed by atoms with E-state index in [4.69, 9.17) is 18.9 Å². The zero-order valence-electron chi connectivity index (χ0n) is 19.5. The highest BCUT2D eigenvalue weighted by Gasteiger charge is 2.23. The average Bonchev–Trinajstić information content (AvgIpc) is 2.86. The van der Waals surface area contributed by atoms with Crippen molar-refractivity contribution in [2.24, 2.45) is 0 Å². The molecular formula is C24H30FN5O5. The molecule has 0 radical (unpaired) electrons. The topological polar surface area (TPSA) is 107 Å². The van der Waals surface area contributed by atoms with Gasteiger partial charge < -0.3 is 34.5 Å². The maximum Gasteiger partial charge on any atom is 0.246 e. The number of rotatable bonds is 5. The molecule has 2 aromatic rings. The fourth-order valence-corrected chi connectivity index (χ4v) is 3.84. The normalized spacial score (nSPS) is 19.1. The summed E-state index contributed by atoms with van der Waals surface area (Å²) in [5.41, 5.74) is 0.648. The number of hydrogen-bond donors (Lipinski definition) is 2. The number of piperidine rings is 1. The Balaban J connectivity index is 1.44. The van der Waals surface area contributed by atoms with Crippen LogP contribution in [0.1, 0.15) is 12.8 Å². The van der Waals surface area contributed by atoms with Gasteiger partial charge in [0.25, 0.3) is 0 Å². The van der Waals surface area contributed by atoms with E-state index in [0.29, 0.717) is 69.9 Å². The van der Waals surface area contributed by atoms with Crippen LogP contribution in [0, 0.1) is 5.82 Å². The second kappa shape index (κ2) is 12.3. The number of anilines is 3.